The minimum atomic E-state index is -0.244. The maximum atomic E-state index is 13.4. The van der Waals surface area contributed by atoms with Crippen LogP contribution in [-0.4, -0.2) is 71.2 Å². The molecule has 4 heterocycles. The van der Waals surface area contributed by atoms with Gasteiger partial charge in [-0.2, -0.15) is 0 Å². The molecule has 4 aromatic rings. The Morgan fingerprint density at radius 1 is 1.05 bits per heavy atom. The zero-order chi connectivity index (χ0) is 27.5. The van der Waals surface area contributed by atoms with E-state index < -0.39 is 0 Å². The number of nitrogens with one attached hydrogen (secondary N) is 2. The molecule has 2 aliphatic rings. The fraction of sp³-hybridized carbons (Fsp3) is 0.387. The van der Waals surface area contributed by atoms with Gasteiger partial charge in [-0.05, 0) is 68.5 Å². The van der Waals surface area contributed by atoms with Crippen molar-refractivity contribution in [2.24, 2.45) is 0 Å². The van der Waals surface area contributed by atoms with Gasteiger partial charge in [0, 0.05) is 38.4 Å². The van der Waals surface area contributed by atoms with Gasteiger partial charge < -0.3 is 19.9 Å². The number of carbonyl (C=O) groups excluding carboxylic acids is 1. The van der Waals surface area contributed by atoms with Crippen LogP contribution >= 0.6 is 0 Å². The molecule has 40 heavy (non-hydrogen) atoms. The molecule has 0 bridgehead atoms. The number of fused-ring (bicyclic) bond motifs is 2. The summed E-state index contributed by atoms with van der Waals surface area (Å²) in [6, 6.07) is 16.1. The number of ether oxygens (including phenoxy) is 1. The second-order valence-corrected chi connectivity index (χ2v) is 10.6. The van der Waals surface area contributed by atoms with Crippen LogP contribution in [0, 0.1) is 6.92 Å². The lowest BCUT2D eigenvalue weighted by Crippen LogP contribution is -2.47. The number of carbonyl (C=O) groups is 1. The number of hydrogen-bond acceptors (Lipinski definition) is 6. The molecule has 9 nitrogen and oxygen atoms in total. The largest absolute Gasteiger partial charge is 0.491 e. The van der Waals surface area contributed by atoms with Crippen LogP contribution in [0.1, 0.15) is 40.9 Å². The number of anilines is 1. The molecular formula is C31H36N6O3. The highest BCUT2D eigenvalue weighted by atomic mass is 16.5. The first kappa shape index (κ1) is 26.1. The summed E-state index contributed by atoms with van der Waals surface area (Å²) >= 11 is 0. The summed E-state index contributed by atoms with van der Waals surface area (Å²) in [7, 11) is 0. The van der Waals surface area contributed by atoms with Gasteiger partial charge in [0.15, 0.2) is 5.65 Å². The van der Waals surface area contributed by atoms with Crippen molar-refractivity contribution in [3.63, 3.8) is 0 Å². The fourth-order valence-corrected chi connectivity index (χ4v) is 5.97. The summed E-state index contributed by atoms with van der Waals surface area (Å²) in [5, 5.41) is 3.53. The molecule has 0 saturated carbocycles. The highest BCUT2D eigenvalue weighted by Gasteiger charge is 2.25. The average Bonchev–Trinajstić information content (AvgIpc) is 3.30. The molecular weight excluding hydrogens is 504 g/mol. The number of piperazine rings is 1. The summed E-state index contributed by atoms with van der Waals surface area (Å²) in [6.07, 6.45) is 5.47. The molecule has 208 valence electrons. The number of aromatic amines is 1. The zero-order valence-electron chi connectivity index (χ0n) is 23.0. The number of aromatic nitrogens is 3. The Bertz CT molecular complexity index is 1550. The Balaban J connectivity index is 1.03. The maximum Gasteiger partial charge on any atom is 0.268 e. The van der Waals surface area contributed by atoms with E-state index in [-0.39, 0.29) is 11.5 Å². The topological polar surface area (TPSA) is 95.5 Å². The third-order valence-corrected chi connectivity index (χ3v) is 8.04. The Labute approximate surface area is 233 Å². The fourth-order valence-electron chi connectivity index (χ4n) is 5.97. The van der Waals surface area contributed by atoms with E-state index in [4.69, 9.17) is 4.74 Å². The van der Waals surface area contributed by atoms with Gasteiger partial charge in [-0.1, -0.05) is 30.3 Å². The van der Waals surface area contributed by atoms with Crippen molar-refractivity contribution in [3.05, 3.63) is 82.0 Å². The summed E-state index contributed by atoms with van der Waals surface area (Å²) < 4.78 is 7.81. The zero-order valence-corrected chi connectivity index (χ0v) is 23.0. The standard InChI is InChI=1S/C31H36N6O3/c1-22-26-29(33-21-34-30(26)38)37(24-11-3-2-4-12-24)27(22)31(39)32-14-5-6-15-35-16-18-36(19-17-35)25-13-7-9-23-10-8-20-40-28(23)25/h2-4,7,9,11-13,21H,5-6,8,10,14-20H2,1H3,(H,32,39)(H,33,34,38). The van der Waals surface area contributed by atoms with E-state index in [1.807, 2.05) is 37.3 Å². The molecule has 2 aliphatic heterocycles. The molecule has 2 aromatic heterocycles. The summed E-state index contributed by atoms with van der Waals surface area (Å²) in [5.74, 6) is 0.889. The summed E-state index contributed by atoms with van der Waals surface area (Å²) in [6.45, 7) is 8.23. The van der Waals surface area contributed by atoms with E-state index in [0.29, 0.717) is 28.8 Å². The molecule has 0 unspecified atom stereocenters. The second kappa shape index (κ2) is 11.6. The molecule has 2 N–H and O–H groups in total. The van der Waals surface area contributed by atoms with E-state index >= 15 is 0 Å². The molecule has 0 atom stereocenters. The number of unbranched alkanes of at least 4 members (excludes halogenated alkanes) is 1. The quantitative estimate of drug-likeness (QED) is 0.331. The van der Waals surface area contributed by atoms with Gasteiger partial charge in [-0.15, -0.1) is 0 Å². The van der Waals surface area contributed by atoms with Crippen LogP contribution in [0.4, 0.5) is 5.69 Å². The van der Waals surface area contributed by atoms with Gasteiger partial charge in [-0.3, -0.25) is 19.1 Å². The monoisotopic (exact) mass is 540 g/mol. The lowest BCUT2D eigenvalue weighted by molar-refractivity contribution is 0.0945. The Hall–Kier alpha value is -4.11. The lowest BCUT2D eigenvalue weighted by atomic mass is 10.0. The highest BCUT2D eigenvalue weighted by Crippen LogP contribution is 2.36. The summed E-state index contributed by atoms with van der Waals surface area (Å²) in [4.78, 5) is 38.0. The normalized spacial score (nSPS) is 15.6. The maximum absolute atomic E-state index is 13.4. The number of H-pyrrole nitrogens is 1. The Morgan fingerprint density at radius 3 is 2.70 bits per heavy atom. The minimum Gasteiger partial charge on any atom is -0.491 e. The molecule has 1 saturated heterocycles. The first-order valence-corrected chi connectivity index (χ1v) is 14.3. The molecule has 6 rings (SSSR count). The minimum absolute atomic E-state index is 0.194. The Morgan fingerprint density at radius 2 is 1.88 bits per heavy atom. The van der Waals surface area contributed by atoms with E-state index in [9.17, 15) is 9.59 Å². The van der Waals surface area contributed by atoms with Crippen molar-refractivity contribution in [1.82, 2.24) is 24.8 Å². The smallest absolute Gasteiger partial charge is 0.268 e. The third-order valence-electron chi connectivity index (χ3n) is 8.04. The lowest BCUT2D eigenvalue weighted by Gasteiger charge is -2.37. The van der Waals surface area contributed by atoms with Crippen molar-refractivity contribution in [1.29, 1.82) is 0 Å². The molecule has 2 aromatic carbocycles. The van der Waals surface area contributed by atoms with Crippen LogP contribution in [0.15, 0.2) is 59.7 Å². The van der Waals surface area contributed by atoms with Crippen LogP contribution < -0.4 is 20.5 Å². The summed E-state index contributed by atoms with van der Waals surface area (Å²) in [5.41, 5.74) is 4.69. The highest BCUT2D eigenvalue weighted by molar-refractivity contribution is 6.01. The van der Waals surface area contributed by atoms with Gasteiger partial charge in [0.1, 0.15) is 11.4 Å². The van der Waals surface area contributed by atoms with Gasteiger partial charge in [0.05, 0.1) is 24.0 Å². The number of rotatable bonds is 8. The number of hydrogen-bond donors (Lipinski definition) is 2. The molecule has 1 fully saturated rings. The predicted octanol–water partition coefficient (Wildman–Crippen LogP) is 3.68. The van der Waals surface area contributed by atoms with Crippen LogP contribution in [0.25, 0.3) is 16.7 Å². The molecule has 0 radical (unpaired) electrons. The third kappa shape index (κ3) is 5.09. The number of aryl methyl sites for hydroxylation is 2. The van der Waals surface area contributed by atoms with E-state index in [0.717, 1.165) is 76.5 Å². The average molecular weight is 541 g/mol. The van der Waals surface area contributed by atoms with E-state index in [1.54, 1.807) is 4.57 Å². The van der Waals surface area contributed by atoms with Crippen LogP contribution in [-0.2, 0) is 6.42 Å². The molecule has 1 amide bonds. The molecule has 0 spiro atoms. The number of benzene rings is 2. The Kier molecular flexibility index (Phi) is 7.55. The molecule has 0 aliphatic carbocycles. The van der Waals surface area contributed by atoms with Crippen molar-refractivity contribution in [2.75, 3.05) is 50.8 Å². The van der Waals surface area contributed by atoms with Gasteiger partial charge >= 0.3 is 0 Å². The van der Waals surface area contributed by atoms with Crippen molar-refractivity contribution >= 4 is 22.6 Å². The first-order chi connectivity index (χ1) is 19.6. The number of para-hydroxylation sites is 2. The van der Waals surface area contributed by atoms with Gasteiger partial charge in [0.25, 0.3) is 11.5 Å². The van der Waals surface area contributed by atoms with Gasteiger partial charge in [-0.25, -0.2) is 4.98 Å². The van der Waals surface area contributed by atoms with Crippen LogP contribution in [0.3, 0.4) is 0 Å². The second-order valence-electron chi connectivity index (χ2n) is 10.6. The van der Waals surface area contributed by atoms with Crippen molar-refractivity contribution in [3.8, 4) is 11.4 Å². The van der Waals surface area contributed by atoms with Crippen molar-refractivity contribution < 1.29 is 9.53 Å². The first-order valence-electron chi connectivity index (χ1n) is 14.3. The number of amides is 1. The van der Waals surface area contributed by atoms with Crippen LogP contribution in [0.2, 0.25) is 0 Å². The SMILES string of the molecule is Cc1c(C(=O)NCCCCN2CCN(c3cccc4c3OCCC4)CC2)n(-c2ccccc2)c2nc[nH]c(=O)c12. The molecule has 9 heteroatoms. The van der Waals surface area contributed by atoms with E-state index in [2.05, 4.69) is 43.3 Å². The number of nitrogens with zero attached hydrogens (tertiary/aromatic N) is 4. The van der Waals surface area contributed by atoms with Crippen LogP contribution in [0.5, 0.6) is 5.75 Å². The predicted molar refractivity (Wildman–Crippen MR) is 157 cm³/mol. The van der Waals surface area contributed by atoms with Gasteiger partial charge in [0.2, 0.25) is 0 Å². The van der Waals surface area contributed by atoms with Crippen molar-refractivity contribution in [2.45, 2.75) is 32.6 Å². The van der Waals surface area contributed by atoms with E-state index in [1.165, 1.54) is 17.6 Å².